The molecule has 0 bridgehead atoms. The molecule has 0 saturated heterocycles. The lowest BCUT2D eigenvalue weighted by molar-refractivity contribution is -0.121. The minimum Gasteiger partial charge on any atom is -0.508 e. The monoisotopic (exact) mass is 298 g/mol. The van der Waals surface area contributed by atoms with Crippen molar-refractivity contribution in [1.82, 2.24) is 5.32 Å². The first-order valence-electron chi connectivity index (χ1n) is 6.98. The van der Waals surface area contributed by atoms with Gasteiger partial charge in [-0.3, -0.25) is 9.59 Å². The molecule has 2 aromatic rings. The van der Waals surface area contributed by atoms with Crippen LogP contribution in [-0.4, -0.2) is 16.9 Å². The quantitative estimate of drug-likeness (QED) is 0.758. The Bertz CT molecular complexity index is 683. The van der Waals surface area contributed by atoms with Crippen LogP contribution < -0.4 is 11.1 Å². The van der Waals surface area contributed by atoms with Crippen molar-refractivity contribution < 1.29 is 14.7 Å². The number of hydrogen-bond donors (Lipinski definition) is 3. The largest absolute Gasteiger partial charge is 0.508 e. The summed E-state index contributed by atoms with van der Waals surface area (Å²) in [6.45, 7) is 0.334. The highest BCUT2D eigenvalue weighted by atomic mass is 16.3. The molecule has 0 radical (unpaired) electrons. The fourth-order valence-electron chi connectivity index (χ4n) is 2.09. The first-order valence-corrected chi connectivity index (χ1v) is 6.98. The molecule has 5 nitrogen and oxygen atoms in total. The molecule has 114 valence electrons. The van der Waals surface area contributed by atoms with Gasteiger partial charge in [-0.15, -0.1) is 0 Å². The third kappa shape index (κ3) is 4.34. The van der Waals surface area contributed by atoms with Gasteiger partial charge in [0.25, 0.3) is 0 Å². The topological polar surface area (TPSA) is 92.4 Å². The van der Waals surface area contributed by atoms with E-state index in [0.29, 0.717) is 18.5 Å². The molecule has 0 aromatic heterocycles. The lowest BCUT2D eigenvalue weighted by atomic mass is 10.1. The van der Waals surface area contributed by atoms with Crippen LogP contribution in [0.25, 0.3) is 0 Å². The zero-order valence-electron chi connectivity index (χ0n) is 12.1. The standard InChI is InChI=1S/C17H18N2O3/c18-17(22)14-6-3-4-12(10-14)11-19-16(21)9-8-13-5-1-2-7-15(13)20/h1-7,10,20H,8-9,11H2,(H2,18,22)(H,19,21). The molecule has 0 atom stereocenters. The van der Waals surface area contributed by atoms with Crippen molar-refractivity contribution in [3.8, 4) is 5.75 Å². The van der Waals surface area contributed by atoms with Gasteiger partial charge >= 0.3 is 0 Å². The van der Waals surface area contributed by atoms with Crippen LogP contribution in [0.2, 0.25) is 0 Å². The van der Waals surface area contributed by atoms with Crippen molar-refractivity contribution in [2.24, 2.45) is 5.73 Å². The zero-order valence-corrected chi connectivity index (χ0v) is 12.1. The molecule has 0 fully saturated rings. The first-order chi connectivity index (χ1) is 10.6. The van der Waals surface area contributed by atoms with E-state index in [9.17, 15) is 14.7 Å². The Morgan fingerprint density at radius 3 is 2.59 bits per heavy atom. The van der Waals surface area contributed by atoms with Crippen molar-refractivity contribution in [2.45, 2.75) is 19.4 Å². The van der Waals surface area contributed by atoms with Crippen molar-refractivity contribution in [1.29, 1.82) is 0 Å². The number of phenolic OH excluding ortho intramolecular Hbond substituents is 1. The molecule has 0 aliphatic heterocycles. The highest BCUT2D eigenvalue weighted by molar-refractivity contribution is 5.92. The molecular weight excluding hydrogens is 280 g/mol. The number of amides is 2. The number of primary amides is 1. The Balaban J connectivity index is 1.84. The number of phenols is 1. The predicted octanol–water partition coefficient (Wildman–Crippen LogP) is 1.74. The van der Waals surface area contributed by atoms with Crippen LogP contribution in [0.1, 0.15) is 27.9 Å². The second kappa shape index (κ2) is 7.26. The average molecular weight is 298 g/mol. The number of nitrogens with two attached hydrogens (primary N) is 1. The van der Waals surface area contributed by atoms with Crippen LogP contribution in [0, 0.1) is 0 Å². The number of carbonyl (C=O) groups excluding carboxylic acids is 2. The number of carbonyl (C=O) groups is 2. The summed E-state index contributed by atoms with van der Waals surface area (Å²) in [5, 5.41) is 12.4. The van der Waals surface area contributed by atoms with E-state index < -0.39 is 5.91 Å². The SMILES string of the molecule is NC(=O)c1cccc(CNC(=O)CCc2ccccc2O)c1. The summed E-state index contributed by atoms with van der Waals surface area (Å²) in [5.74, 6) is -0.412. The van der Waals surface area contributed by atoms with Crippen LogP contribution in [0.3, 0.4) is 0 Å². The Labute approximate surface area is 128 Å². The number of aryl methyl sites for hydroxylation is 1. The fraction of sp³-hybridized carbons (Fsp3) is 0.176. The fourth-order valence-corrected chi connectivity index (χ4v) is 2.09. The van der Waals surface area contributed by atoms with E-state index in [4.69, 9.17) is 5.73 Å². The second-order valence-corrected chi connectivity index (χ2v) is 4.97. The summed E-state index contributed by atoms with van der Waals surface area (Å²) in [6.07, 6.45) is 0.757. The maximum atomic E-state index is 11.8. The van der Waals surface area contributed by atoms with Crippen LogP contribution in [-0.2, 0) is 17.8 Å². The Kier molecular flexibility index (Phi) is 5.14. The van der Waals surface area contributed by atoms with E-state index in [1.807, 2.05) is 12.1 Å². The number of nitrogens with one attached hydrogen (secondary N) is 1. The normalized spacial score (nSPS) is 10.2. The van der Waals surface area contributed by atoms with Crippen LogP contribution >= 0.6 is 0 Å². The summed E-state index contributed by atoms with van der Waals surface area (Å²) >= 11 is 0. The predicted molar refractivity (Wildman–Crippen MR) is 83.2 cm³/mol. The highest BCUT2D eigenvalue weighted by Gasteiger charge is 2.06. The number of rotatable bonds is 6. The maximum absolute atomic E-state index is 11.8. The smallest absolute Gasteiger partial charge is 0.248 e. The lowest BCUT2D eigenvalue weighted by Crippen LogP contribution is -2.23. The molecule has 4 N–H and O–H groups in total. The molecule has 0 aliphatic carbocycles. The summed E-state index contributed by atoms with van der Waals surface area (Å²) in [6, 6.07) is 13.8. The molecule has 2 amide bonds. The van der Waals surface area contributed by atoms with E-state index in [0.717, 1.165) is 11.1 Å². The molecule has 0 spiro atoms. The van der Waals surface area contributed by atoms with Gasteiger partial charge in [-0.2, -0.15) is 0 Å². The lowest BCUT2D eigenvalue weighted by Gasteiger charge is -2.07. The molecule has 0 aliphatic rings. The average Bonchev–Trinajstić information content (AvgIpc) is 2.52. The van der Waals surface area contributed by atoms with Gasteiger partial charge in [0, 0.05) is 18.5 Å². The van der Waals surface area contributed by atoms with Gasteiger partial charge in [-0.1, -0.05) is 30.3 Å². The third-order valence-electron chi connectivity index (χ3n) is 3.31. The van der Waals surface area contributed by atoms with Gasteiger partial charge in [0.15, 0.2) is 0 Å². The van der Waals surface area contributed by atoms with Crippen molar-refractivity contribution in [3.05, 3.63) is 65.2 Å². The Hall–Kier alpha value is -2.82. The summed E-state index contributed by atoms with van der Waals surface area (Å²) in [5.41, 5.74) is 7.19. The number of benzene rings is 2. The van der Waals surface area contributed by atoms with Gasteiger partial charge in [0.2, 0.25) is 11.8 Å². The van der Waals surface area contributed by atoms with E-state index in [1.54, 1.807) is 36.4 Å². The van der Waals surface area contributed by atoms with E-state index in [2.05, 4.69) is 5.32 Å². The molecule has 2 rings (SSSR count). The molecule has 5 heteroatoms. The minimum absolute atomic E-state index is 0.118. The number of para-hydroxylation sites is 1. The molecular formula is C17H18N2O3. The third-order valence-corrected chi connectivity index (χ3v) is 3.31. The van der Waals surface area contributed by atoms with Gasteiger partial charge < -0.3 is 16.2 Å². The summed E-state index contributed by atoms with van der Waals surface area (Å²) in [4.78, 5) is 22.9. The first kappa shape index (κ1) is 15.6. The van der Waals surface area contributed by atoms with Crippen molar-refractivity contribution >= 4 is 11.8 Å². The Morgan fingerprint density at radius 2 is 1.86 bits per heavy atom. The summed E-state index contributed by atoms with van der Waals surface area (Å²) in [7, 11) is 0. The Morgan fingerprint density at radius 1 is 1.09 bits per heavy atom. The number of aromatic hydroxyl groups is 1. The zero-order chi connectivity index (χ0) is 15.9. The highest BCUT2D eigenvalue weighted by Crippen LogP contribution is 2.17. The molecule has 22 heavy (non-hydrogen) atoms. The summed E-state index contributed by atoms with van der Waals surface area (Å²) < 4.78 is 0. The van der Waals surface area contributed by atoms with Crippen LogP contribution in [0.5, 0.6) is 5.75 Å². The molecule has 0 saturated carbocycles. The van der Waals surface area contributed by atoms with Gasteiger partial charge in [0.05, 0.1) is 0 Å². The van der Waals surface area contributed by atoms with Gasteiger partial charge in [-0.05, 0) is 35.7 Å². The number of hydrogen-bond acceptors (Lipinski definition) is 3. The van der Waals surface area contributed by atoms with E-state index in [-0.39, 0.29) is 18.1 Å². The van der Waals surface area contributed by atoms with Crippen LogP contribution in [0.4, 0.5) is 0 Å². The maximum Gasteiger partial charge on any atom is 0.248 e. The van der Waals surface area contributed by atoms with Gasteiger partial charge in [0.1, 0.15) is 5.75 Å². The van der Waals surface area contributed by atoms with Gasteiger partial charge in [-0.25, -0.2) is 0 Å². The minimum atomic E-state index is -0.493. The molecule has 2 aromatic carbocycles. The van der Waals surface area contributed by atoms with Crippen molar-refractivity contribution in [2.75, 3.05) is 0 Å². The van der Waals surface area contributed by atoms with Crippen molar-refractivity contribution in [3.63, 3.8) is 0 Å². The van der Waals surface area contributed by atoms with E-state index >= 15 is 0 Å². The molecule has 0 heterocycles. The molecule has 0 unspecified atom stereocenters. The van der Waals surface area contributed by atoms with Crippen LogP contribution in [0.15, 0.2) is 48.5 Å². The second-order valence-electron chi connectivity index (χ2n) is 4.97. The van der Waals surface area contributed by atoms with E-state index in [1.165, 1.54) is 0 Å².